The Hall–Kier alpha value is -3.12. The van der Waals surface area contributed by atoms with E-state index in [9.17, 15) is 13.2 Å². The van der Waals surface area contributed by atoms with Crippen molar-refractivity contribution in [2.24, 2.45) is 0 Å². The van der Waals surface area contributed by atoms with Gasteiger partial charge in [0.25, 0.3) is 10.0 Å². The number of rotatable bonds is 8. The van der Waals surface area contributed by atoms with Gasteiger partial charge in [0.1, 0.15) is 6.54 Å². The highest BCUT2D eigenvalue weighted by Crippen LogP contribution is 2.25. The summed E-state index contributed by atoms with van der Waals surface area (Å²) in [6.07, 6.45) is 0. The van der Waals surface area contributed by atoms with Gasteiger partial charge in [-0.05, 0) is 60.7 Å². The Balaban J connectivity index is 1.84. The van der Waals surface area contributed by atoms with Crippen LogP contribution in [0, 0.1) is 13.8 Å². The summed E-state index contributed by atoms with van der Waals surface area (Å²) < 4.78 is 28.0. The van der Waals surface area contributed by atoms with Crippen molar-refractivity contribution in [1.82, 2.24) is 5.32 Å². The fourth-order valence-electron chi connectivity index (χ4n) is 3.48. The summed E-state index contributed by atoms with van der Waals surface area (Å²) in [6.45, 7) is 5.98. The van der Waals surface area contributed by atoms with Crippen molar-refractivity contribution in [3.63, 3.8) is 0 Å². The van der Waals surface area contributed by atoms with Crippen molar-refractivity contribution in [2.45, 2.75) is 31.6 Å². The first kappa shape index (κ1) is 22.6. The number of benzene rings is 3. The van der Waals surface area contributed by atoms with E-state index in [1.807, 2.05) is 57.2 Å². The van der Waals surface area contributed by atoms with Crippen LogP contribution in [0.2, 0.25) is 0 Å². The Morgan fingerprint density at radius 3 is 2.03 bits per heavy atom. The van der Waals surface area contributed by atoms with Crippen molar-refractivity contribution in [3.8, 4) is 0 Å². The largest absolute Gasteiger partial charge is 0.354 e. The Morgan fingerprint density at radius 2 is 1.45 bits per heavy atom. The lowest BCUT2D eigenvalue weighted by Crippen LogP contribution is -2.41. The van der Waals surface area contributed by atoms with Crippen LogP contribution in [-0.2, 0) is 14.8 Å². The van der Waals surface area contributed by atoms with Crippen LogP contribution in [0.25, 0.3) is 0 Å². The zero-order chi connectivity index (χ0) is 22.4. The molecule has 3 rings (SSSR count). The molecule has 0 fully saturated rings. The molecule has 162 valence electrons. The average molecular weight is 437 g/mol. The van der Waals surface area contributed by atoms with E-state index in [2.05, 4.69) is 5.32 Å². The van der Waals surface area contributed by atoms with E-state index in [0.29, 0.717) is 12.2 Å². The normalized spacial score (nSPS) is 12.2. The SMILES string of the molecule is Cc1cc(C)cc(N(CC(=O)NC[C@H](C)c2ccccc2)S(=O)(=O)c2ccccc2)c1. The number of nitrogens with one attached hydrogen (secondary N) is 1. The van der Waals surface area contributed by atoms with Crippen LogP contribution in [0.1, 0.15) is 29.5 Å². The summed E-state index contributed by atoms with van der Waals surface area (Å²) in [5, 5.41) is 2.89. The van der Waals surface area contributed by atoms with Crippen LogP contribution in [0.4, 0.5) is 5.69 Å². The molecule has 3 aromatic rings. The Morgan fingerprint density at radius 1 is 0.903 bits per heavy atom. The zero-order valence-corrected chi connectivity index (χ0v) is 18.9. The molecule has 1 amide bonds. The molecule has 0 unspecified atom stereocenters. The van der Waals surface area contributed by atoms with Crippen molar-refractivity contribution in [2.75, 3.05) is 17.4 Å². The standard InChI is InChI=1S/C25H28N2O3S/c1-19-14-20(2)16-23(15-19)27(31(29,30)24-12-8-5-9-13-24)18-25(28)26-17-21(3)22-10-6-4-7-11-22/h4-16,21H,17-18H2,1-3H3,(H,26,28)/t21-/m0/s1. The number of aryl methyl sites for hydroxylation is 2. The van der Waals surface area contributed by atoms with Crippen LogP contribution in [0.15, 0.2) is 83.8 Å². The molecule has 0 saturated heterocycles. The van der Waals surface area contributed by atoms with Crippen LogP contribution in [-0.4, -0.2) is 27.4 Å². The van der Waals surface area contributed by atoms with Gasteiger partial charge < -0.3 is 5.32 Å². The minimum atomic E-state index is -3.90. The summed E-state index contributed by atoms with van der Waals surface area (Å²) in [7, 11) is -3.90. The molecule has 0 radical (unpaired) electrons. The van der Waals surface area contributed by atoms with Gasteiger partial charge in [-0.25, -0.2) is 8.42 Å². The first-order chi connectivity index (χ1) is 14.8. The van der Waals surface area contributed by atoms with Crippen molar-refractivity contribution in [1.29, 1.82) is 0 Å². The van der Waals surface area contributed by atoms with Crippen LogP contribution in [0.3, 0.4) is 0 Å². The summed E-state index contributed by atoms with van der Waals surface area (Å²) in [5.41, 5.74) is 3.46. The van der Waals surface area contributed by atoms with Crippen LogP contribution >= 0.6 is 0 Å². The van der Waals surface area contributed by atoms with E-state index in [1.165, 1.54) is 4.31 Å². The lowest BCUT2D eigenvalue weighted by Gasteiger charge is -2.25. The third-order valence-electron chi connectivity index (χ3n) is 5.09. The van der Waals surface area contributed by atoms with E-state index in [0.717, 1.165) is 16.7 Å². The molecule has 0 heterocycles. The smallest absolute Gasteiger partial charge is 0.264 e. The van der Waals surface area contributed by atoms with E-state index >= 15 is 0 Å². The van der Waals surface area contributed by atoms with E-state index < -0.39 is 10.0 Å². The highest BCUT2D eigenvalue weighted by Gasteiger charge is 2.27. The van der Waals surface area contributed by atoms with Crippen LogP contribution < -0.4 is 9.62 Å². The highest BCUT2D eigenvalue weighted by molar-refractivity contribution is 7.92. The number of hydrogen-bond donors (Lipinski definition) is 1. The second kappa shape index (κ2) is 9.79. The van der Waals surface area contributed by atoms with Gasteiger partial charge in [0.2, 0.25) is 5.91 Å². The molecular weight excluding hydrogens is 408 g/mol. The number of sulfonamides is 1. The third kappa shape index (κ3) is 5.73. The zero-order valence-electron chi connectivity index (χ0n) is 18.1. The van der Waals surface area contributed by atoms with E-state index in [1.54, 1.807) is 42.5 Å². The summed E-state index contributed by atoms with van der Waals surface area (Å²) >= 11 is 0. The minimum Gasteiger partial charge on any atom is -0.354 e. The van der Waals surface area contributed by atoms with Gasteiger partial charge in [-0.2, -0.15) is 0 Å². The predicted octanol–water partition coefficient (Wildman–Crippen LogP) is 4.42. The van der Waals surface area contributed by atoms with Crippen LogP contribution in [0.5, 0.6) is 0 Å². The fraction of sp³-hybridized carbons (Fsp3) is 0.240. The lowest BCUT2D eigenvalue weighted by molar-refractivity contribution is -0.119. The first-order valence-corrected chi connectivity index (χ1v) is 11.7. The Kier molecular flexibility index (Phi) is 7.13. The number of carbonyl (C=O) groups is 1. The Bertz CT molecular complexity index is 1110. The predicted molar refractivity (Wildman–Crippen MR) is 125 cm³/mol. The summed E-state index contributed by atoms with van der Waals surface area (Å²) in [4.78, 5) is 12.9. The maximum atomic E-state index is 13.4. The number of anilines is 1. The molecule has 3 aromatic carbocycles. The first-order valence-electron chi connectivity index (χ1n) is 10.2. The molecule has 0 aliphatic carbocycles. The van der Waals surface area contributed by atoms with Crippen molar-refractivity contribution >= 4 is 21.6 Å². The summed E-state index contributed by atoms with van der Waals surface area (Å²) in [6, 6.07) is 23.6. The molecule has 0 spiro atoms. The third-order valence-corrected chi connectivity index (χ3v) is 6.87. The molecule has 5 nitrogen and oxygen atoms in total. The van der Waals surface area contributed by atoms with E-state index in [4.69, 9.17) is 0 Å². The monoisotopic (exact) mass is 436 g/mol. The fourth-order valence-corrected chi connectivity index (χ4v) is 4.91. The second-order valence-electron chi connectivity index (χ2n) is 7.79. The van der Waals surface area contributed by atoms with Crippen molar-refractivity contribution in [3.05, 3.63) is 95.6 Å². The second-order valence-corrected chi connectivity index (χ2v) is 9.65. The van der Waals surface area contributed by atoms with Gasteiger partial charge in [0.15, 0.2) is 0 Å². The number of amides is 1. The van der Waals surface area contributed by atoms with Gasteiger partial charge in [-0.1, -0.05) is 61.5 Å². The highest BCUT2D eigenvalue weighted by atomic mass is 32.2. The topological polar surface area (TPSA) is 66.5 Å². The molecule has 0 aliphatic heterocycles. The number of hydrogen-bond acceptors (Lipinski definition) is 3. The molecule has 6 heteroatoms. The molecule has 0 aromatic heterocycles. The molecule has 1 N–H and O–H groups in total. The Labute approximate surface area is 184 Å². The van der Waals surface area contributed by atoms with Gasteiger partial charge in [0.05, 0.1) is 10.6 Å². The number of nitrogens with zero attached hydrogens (tertiary/aromatic N) is 1. The van der Waals surface area contributed by atoms with Gasteiger partial charge in [-0.3, -0.25) is 9.10 Å². The molecule has 0 bridgehead atoms. The summed E-state index contributed by atoms with van der Waals surface area (Å²) in [5.74, 6) is -0.230. The van der Waals surface area contributed by atoms with Gasteiger partial charge >= 0.3 is 0 Å². The average Bonchev–Trinajstić information content (AvgIpc) is 2.76. The maximum Gasteiger partial charge on any atom is 0.264 e. The molecule has 31 heavy (non-hydrogen) atoms. The van der Waals surface area contributed by atoms with Crippen molar-refractivity contribution < 1.29 is 13.2 Å². The quantitative estimate of drug-likeness (QED) is 0.568. The molecule has 0 saturated carbocycles. The van der Waals surface area contributed by atoms with Gasteiger partial charge in [-0.15, -0.1) is 0 Å². The maximum absolute atomic E-state index is 13.4. The molecule has 1 atom stereocenters. The number of carbonyl (C=O) groups excluding carboxylic acids is 1. The molecular formula is C25H28N2O3S. The lowest BCUT2D eigenvalue weighted by atomic mass is 10.0. The molecule has 0 aliphatic rings. The minimum absolute atomic E-state index is 0.116. The van der Waals surface area contributed by atoms with Gasteiger partial charge in [0, 0.05) is 6.54 Å². The van der Waals surface area contributed by atoms with E-state index in [-0.39, 0.29) is 23.3 Å².